The van der Waals surface area contributed by atoms with Crippen LogP contribution in [0.15, 0.2) is 61.2 Å². The number of ether oxygens (including phenoxy) is 1. The third-order valence-corrected chi connectivity index (χ3v) is 4.92. The minimum absolute atomic E-state index is 0.137. The van der Waals surface area contributed by atoms with Crippen molar-refractivity contribution in [2.75, 3.05) is 11.9 Å². The second kappa shape index (κ2) is 11.2. The molecule has 0 aliphatic rings. The van der Waals surface area contributed by atoms with Crippen LogP contribution in [0.5, 0.6) is 0 Å². The lowest BCUT2D eigenvalue weighted by atomic mass is 10.0. The van der Waals surface area contributed by atoms with Crippen molar-refractivity contribution in [3.63, 3.8) is 0 Å². The Kier molecular flexibility index (Phi) is 8.15. The molecule has 1 atom stereocenters. The van der Waals surface area contributed by atoms with E-state index in [1.807, 2.05) is 30.3 Å². The number of carbonyl (C=O) groups is 3. The van der Waals surface area contributed by atoms with Gasteiger partial charge in [-0.2, -0.15) is 5.10 Å². The van der Waals surface area contributed by atoms with Gasteiger partial charge in [-0.25, -0.2) is 14.5 Å². The first kappa shape index (κ1) is 23.9. The summed E-state index contributed by atoms with van der Waals surface area (Å²) < 4.78 is 6.65. The van der Waals surface area contributed by atoms with E-state index >= 15 is 0 Å². The summed E-state index contributed by atoms with van der Waals surface area (Å²) in [4.78, 5) is 41.3. The molecule has 0 saturated carbocycles. The van der Waals surface area contributed by atoms with Gasteiger partial charge in [0.15, 0.2) is 6.61 Å². The van der Waals surface area contributed by atoms with Crippen molar-refractivity contribution < 1.29 is 19.1 Å². The molecule has 2 N–H and O–H groups in total. The number of nitrogens with zero attached hydrogens (tertiary/aromatic N) is 3. The maximum Gasteiger partial charge on any atom is 0.329 e. The molecule has 0 aliphatic carbocycles. The lowest BCUT2D eigenvalue weighted by molar-refractivity contribution is -0.151. The molecule has 3 rings (SSSR count). The molecule has 1 heterocycles. The number of nitrogens with one attached hydrogen (secondary N) is 2. The minimum Gasteiger partial charge on any atom is -0.454 e. The highest BCUT2D eigenvalue weighted by Crippen LogP contribution is 2.23. The van der Waals surface area contributed by atoms with Gasteiger partial charge in [0.05, 0.1) is 17.8 Å². The fourth-order valence-corrected chi connectivity index (χ4v) is 3.23. The van der Waals surface area contributed by atoms with E-state index in [0.29, 0.717) is 16.4 Å². The Morgan fingerprint density at radius 3 is 2.52 bits per heavy atom. The van der Waals surface area contributed by atoms with E-state index in [0.717, 1.165) is 5.56 Å². The molecule has 0 fully saturated rings. The maximum atomic E-state index is 12.6. The third-order valence-electron chi connectivity index (χ3n) is 4.69. The molecule has 33 heavy (non-hydrogen) atoms. The van der Waals surface area contributed by atoms with E-state index in [2.05, 4.69) is 20.7 Å². The summed E-state index contributed by atoms with van der Waals surface area (Å²) in [6.45, 7) is 3.04. The quantitative estimate of drug-likeness (QED) is 0.465. The summed E-state index contributed by atoms with van der Waals surface area (Å²) in [7, 11) is 0. The van der Waals surface area contributed by atoms with E-state index in [-0.39, 0.29) is 18.2 Å². The number of anilines is 1. The second-order valence-corrected chi connectivity index (χ2v) is 8.05. The van der Waals surface area contributed by atoms with Crippen molar-refractivity contribution in [3.8, 4) is 5.69 Å². The van der Waals surface area contributed by atoms with Crippen molar-refractivity contribution in [1.82, 2.24) is 20.1 Å². The molecule has 0 aliphatic heterocycles. The lowest BCUT2D eigenvalue weighted by Gasteiger charge is -2.21. The molecule has 3 aromatic rings. The largest absolute Gasteiger partial charge is 0.454 e. The van der Waals surface area contributed by atoms with E-state index in [4.69, 9.17) is 16.3 Å². The first-order valence-electron chi connectivity index (χ1n) is 10.3. The van der Waals surface area contributed by atoms with Crippen molar-refractivity contribution in [3.05, 3.63) is 71.8 Å². The molecule has 1 aromatic heterocycles. The molecule has 1 unspecified atom stereocenters. The second-order valence-electron chi connectivity index (χ2n) is 7.61. The topological polar surface area (TPSA) is 115 Å². The van der Waals surface area contributed by atoms with Crippen LogP contribution in [0.2, 0.25) is 5.02 Å². The number of hydrogen-bond donors (Lipinski definition) is 2. The van der Waals surface area contributed by atoms with E-state index in [9.17, 15) is 14.4 Å². The summed E-state index contributed by atoms with van der Waals surface area (Å²) in [5.41, 5.74) is 1.75. The average Bonchev–Trinajstić information content (AvgIpc) is 3.31. The van der Waals surface area contributed by atoms with Crippen LogP contribution in [0, 0.1) is 5.92 Å². The summed E-state index contributed by atoms with van der Waals surface area (Å²) in [6, 6.07) is 13.2. The fourth-order valence-electron chi connectivity index (χ4n) is 3.06. The van der Waals surface area contributed by atoms with Gasteiger partial charge in [-0.1, -0.05) is 55.8 Å². The van der Waals surface area contributed by atoms with Gasteiger partial charge in [0, 0.05) is 5.02 Å². The predicted molar refractivity (Wildman–Crippen MR) is 123 cm³/mol. The van der Waals surface area contributed by atoms with Gasteiger partial charge in [-0.3, -0.25) is 9.59 Å². The smallest absolute Gasteiger partial charge is 0.329 e. The van der Waals surface area contributed by atoms with E-state index in [1.54, 1.807) is 32.0 Å². The standard InChI is InChI=1S/C23H24ClN5O4/c1-15(2)22(28-20(30)10-16-6-4-3-5-7-16)23(32)33-12-21(31)27-18-11-17(24)8-9-19(18)29-14-25-13-26-29/h3-9,11,13-15,22H,10,12H2,1-2H3,(H,27,31)(H,28,30). The Balaban J connectivity index is 1.58. The van der Waals surface area contributed by atoms with E-state index in [1.165, 1.54) is 17.3 Å². The molecule has 10 heteroatoms. The van der Waals surface area contributed by atoms with Gasteiger partial charge >= 0.3 is 5.97 Å². The highest BCUT2D eigenvalue weighted by Gasteiger charge is 2.26. The van der Waals surface area contributed by atoms with Crippen LogP contribution in [0.4, 0.5) is 5.69 Å². The molecule has 9 nitrogen and oxygen atoms in total. The predicted octanol–water partition coefficient (Wildman–Crippen LogP) is 2.79. The van der Waals surface area contributed by atoms with Crippen LogP contribution in [0.25, 0.3) is 5.69 Å². The third kappa shape index (κ3) is 6.88. The number of aromatic nitrogens is 3. The van der Waals surface area contributed by atoms with Crippen molar-refractivity contribution in [2.45, 2.75) is 26.3 Å². The molecule has 0 spiro atoms. The van der Waals surface area contributed by atoms with Gasteiger partial charge in [-0.15, -0.1) is 0 Å². The molecule has 0 bridgehead atoms. The molecule has 2 amide bonds. The van der Waals surface area contributed by atoms with Crippen molar-refractivity contribution in [1.29, 1.82) is 0 Å². The zero-order valence-electron chi connectivity index (χ0n) is 18.2. The summed E-state index contributed by atoms with van der Waals surface area (Å²) >= 11 is 6.05. The van der Waals surface area contributed by atoms with Crippen molar-refractivity contribution >= 4 is 35.1 Å². The number of halogens is 1. The van der Waals surface area contributed by atoms with Gasteiger partial charge in [0.25, 0.3) is 5.91 Å². The van der Waals surface area contributed by atoms with Crippen LogP contribution in [-0.2, 0) is 25.5 Å². The minimum atomic E-state index is -0.883. The first-order valence-corrected chi connectivity index (χ1v) is 10.7. The Morgan fingerprint density at radius 2 is 1.85 bits per heavy atom. The average molecular weight is 470 g/mol. The molecule has 2 aromatic carbocycles. The van der Waals surface area contributed by atoms with Crippen LogP contribution in [0.1, 0.15) is 19.4 Å². The number of hydrogen-bond acceptors (Lipinski definition) is 6. The van der Waals surface area contributed by atoms with Gasteiger partial charge < -0.3 is 15.4 Å². The van der Waals surface area contributed by atoms with Crippen molar-refractivity contribution in [2.24, 2.45) is 5.92 Å². The SMILES string of the molecule is CC(C)C(NC(=O)Cc1ccccc1)C(=O)OCC(=O)Nc1cc(Cl)ccc1-n1cncn1. The zero-order valence-corrected chi connectivity index (χ0v) is 19.0. The summed E-state index contributed by atoms with van der Waals surface area (Å²) in [6.07, 6.45) is 2.97. The molecule has 172 valence electrons. The molecular weight excluding hydrogens is 446 g/mol. The molecule has 0 saturated heterocycles. The summed E-state index contributed by atoms with van der Waals surface area (Å²) in [5.74, 6) is -1.79. The van der Waals surface area contributed by atoms with Crippen LogP contribution < -0.4 is 10.6 Å². The number of rotatable bonds is 9. The van der Waals surface area contributed by atoms with Crippen LogP contribution >= 0.6 is 11.6 Å². The number of carbonyl (C=O) groups excluding carboxylic acids is 3. The van der Waals surface area contributed by atoms with Crippen LogP contribution in [-0.4, -0.2) is 45.2 Å². The van der Waals surface area contributed by atoms with Gasteiger partial charge in [0.2, 0.25) is 5.91 Å². The molecular formula is C23H24ClN5O4. The fraction of sp³-hybridized carbons (Fsp3) is 0.261. The number of benzene rings is 2. The normalized spacial score (nSPS) is 11.6. The Hall–Kier alpha value is -3.72. The first-order chi connectivity index (χ1) is 15.8. The highest BCUT2D eigenvalue weighted by molar-refractivity contribution is 6.31. The Morgan fingerprint density at radius 1 is 1.09 bits per heavy atom. The molecule has 0 radical (unpaired) electrons. The van der Waals surface area contributed by atoms with Gasteiger partial charge in [0.1, 0.15) is 18.7 Å². The van der Waals surface area contributed by atoms with E-state index < -0.39 is 24.5 Å². The highest BCUT2D eigenvalue weighted by atomic mass is 35.5. The summed E-state index contributed by atoms with van der Waals surface area (Å²) in [5, 5.41) is 9.81. The Bertz CT molecular complexity index is 1100. The lowest BCUT2D eigenvalue weighted by Crippen LogP contribution is -2.46. The van der Waals surface area contributed by atoms with Crippen LogP contribution in [0.3, 0.4) is 0 Å². The monoisotopic (exact) mass is 469 g/mol. The maximum absolute atomic E-state index is 12.6. The zero-order chi connectivity index (χ0) is 23.8. The number of esters is 1. The Labute approximate surface area is 196 Å². The van der Waals surface area contributed by atoms with Gasteiger partial charge in [-0.05, 0) is 29.7 Å². The number of amides is 2.